The zero-order chi connectivity index (χ0) is 9.56. The Bertz CT molecular complexity index is 136. The molecule has 0 fully saturated rings. The summed E-state index contributed by atoms with van der Waals surface area (Å²) in [6.45, 7) is 5.60. The fourth-order valence-corrected chi connectivity index (χ4v) is 1.01. The van der Waals surface area contributed by atoms with Gasteiger partial charge in [-0.1, -0.05) is 0 Å². The highest BCUT2D eigenvalue weighted by Crippen LogP contribution is 1.98. The lowest BCUT2D eigenvalue weighted by Crippen LogP contribution is -2.39. The fourth-order valence-electron chi connectivity index (χ4n) is 1.01. The number of hydrogen-bond acceptors (Lipinski definition) is 3. The topological polar surface area (TPSA) is 73.3 Å². The molecule has 0 spiro atoms. The Morgan fingerprint density at radius 1 is 1.58 bits per heavy atom. The van der Waals surface area contributed by atoms with E-state index in [1.165, 1.54) is 0 Å². The predicted octanol–water partition coefficient (Wildman–Crippen LogP) is 0.0152. The van der Waals surface area contributed by atoms with Gasteiger partial charge in [-0.3, -0.25) is 10.3 Å². The second-order valence-corrected chi connectivity index (χ2v) is 3.17. The van der Waals surface area contributed by atoms with Crippen LogP contribution in [0.5, 0.6) is 0 Å². The second kappa shape index (κ2) is 5.97. The molecule has 0 rings (SSSR count). The quantitative estimate of drug-likeness (QED) is 0.391. The van der Waals surface area contributed by atoms with E-state index in [0.717, 1.165) is 13.0 Å². The highest BCUT2D eigenvalue weighted by Gasteiger charge is 2.08. The van der Waals surface area contributed by atoms with Gasteiger partial charge in [-0.15, -0.1) is 0 Å². The Balaban J connectivity index is 3.78. The third-order valence-corrected chi connectivity index (χ3v) is 1.71. The van der Waals surface area contributed by atoms with Crippen molar-refractivity contribution in [1.29, 1.82) is 5.41 Å². The zero-order valence-corrected chi connectivity index (χ0v) is 7.88. The maximum Gasteiger partial charge on any atom is 0.105 e. The van der Waals surface area contributed by atoms with Crippen molar-refractivity contribution in [2.24, 2.45) is 5.73 Å². The first-order valence-electron chi connectivity index (χ1n) is 4.25. The number of rotatable bonds is 6. The summed E-state index contributed by atoms with van der Waals surface area (Å²) in [5.41, 5.74) is 5.28. The van der Waals surface area contributed by atoms with Crippen LogP contribution >= 0.6 is 0 Å². The fraction of sp³-hybridized carbons (Fsp3) is 0.875. The van der Waals surface area contributed by atoms with Crippen molar-refractivity contribution >= 4 is 5.84 Å². The predicted molar refractivity (Wildman–Crippen MR) is 50.3 cm³/mol. The number of nitrogens with one attached hydrogen (secondary N) is 1. The van der Waals surface area contributed by atoms with E-state index in [0.29, 0.717) is 12.6 Å². The summed E-state index contributed by atoms with van der Waals surface area (Å²) in [5, 5.41) is 15.7. The molecular formula is C8H19N3O. The molecule has 0 aromatic carbocycles. The van der Waals surface area contributed by atoms with E-state index in [2.05, 4.69) is 18.7 Å². The summed E-state index contributed by atoms with van der Waals surface area (Å²) in [6, 6.07) is 0.375. The lowest BCUT2D eigenvalue weighted by Gasteiger charge is -2.25. The van der Waals surface area contributed by atoms with E-state index in [9.17, 15) is 0 Å². The molecule has 0 amide bonds. The number of aliphatic hydroxyl groups excluding tert-OH is 1. The first kappa shape index (κ1) is 11.4. The lowest BCUT2D eigenvalue weighted by molar-refractivity contribution is 0.211. The van der Waals surface area contributed by atoms with Gasteiger partial charge in [0.2, 0.25) is 0 Å². The Hall–Kier alpha value is -0.610. The molecule has 0 unspecified atom stereocenters. The summed E-state index contributed by atoms with van der Waals surface area (Å²) in [4.78, 5) is 2.07. The minimum atomic E-state index is 0.182. The van der Waals surface area contributed by atoms with Crippen LogP contribution in [0.2, 0.25) is 0 Å². The van der Waals surface area contributed by atoms with Crippen molar-refractivity contribution in [2.45, 2.75) is 26.3 Å². The molecule has 0 aliphatic heterocycles. The summed E-state index contributed by atoms with van der Waals surface area (Å²) < 4.78 is 0. The first-order valence-corrected chi connectivity index (χ1v) is 4.25. The number of nitrogens with two attached hydrogens (primary N) is 1. The van der Waals surface area contributed by atoms with Crippen molar-refractivity contribution in [3.63, 3.8) is 0 Å². The van der Waals surface area contributed by atoms with Gasteiger partial charge in [0.05, 0.1) is 6.54 Å². The van der Waals surface area contributed by atoms with Crippen LogP contribution < -0.4 is 5.73 Å². The summed E-state index contributed by atoms with van der Waals surface area (Å²) in [7, 11) is 0. The molecule has 0 atom stereocenters. The molecule has 4 nitrogen and oxygen atoms in total. The molecule has 0 heterocycles. The summed E-state index contributed by atoms with van der Waals surface area (Å²) in [6.07, 6.45) is 0.742. The van der Waals surface area contributed by atoms with Gasteiger partial charge in [0, 0.05) is 19.2 Å². The minimum absolute atomic E-state index is 0.182. The average molecular weight is 173 g/mol. The highest BCUT2D eigenvalue weighted by molar-refractivity contribution is 5.78. The smallest absolute Gasteiger partial charge is 0.105 e. The molecule has 0 saturated carbocycles. The van der Waals surface area contributed by atoms with E-state index < -0.39 is 0 Å². The molecule has 0 saturated heterocycles. The number of aliphatic hydroxyl groups is 1. The largest absolute Gasteiger partial charge is 0.396 e. The van der Waals surface area contributed by atoms with Gasteiger partial charge < -0.3 is 10.8 Å². The van der Waals surface area contributed by atoms with Gasteiger partial charge in [0.15, 0.2) is 0 Å². The van der Waals surface area contributed by atoms with Crippen LogP contribution in [0.15, 0.2) is 0 Å². The molecule has 4 heteroatoms. The molecule has 0 radical (unpaired) electrons. The van der Waals surface area contributed by atoms with E-state index in [4.69, 9.17) is 16.2 Å². The molecule has 4 N–H and O–H groups in total. The Morgan fingerprint density at radius 2 is 2.17 bits per heavy atom. The van der Waals surface area contributed by atoms with Crippen molar-refractivity contribution in [2.75, 3.05) is 19.7 Å². The van der Waals surface area contributed by atoms with Gasteiger partial charge in [-0.25, -0.2) is 0 Å². The van der Waals surface area contributed by atoms with Crippen molar-refractivity contribution in [1.82, 2.24) is 4.90 Å². The third-order valence-electron chi connectivity index (χ3n) is 1.71. The molecular weight excluding hydrogens is 154 g/mol. The maximum atomic E-state index is 8.62. The first-order chi connectivity index (χ1) is 5.57. The third kappa shape index (κ3) is 5.09. The summed E-state index contributed by atoms with van der Waals surface area (Å²) in [5.74, 6) is 0.182. The SMILES string of the molecule is CC(C)N(CCCO)CC(=N)N. The molecule has 0 aromatic rings. The van der Waals surface area contributed by atoms with Crippen LogP contribution in [0.1, 0.15) is 20.3 Å². The molecule has 12 heavy (non-hydrogen) atoms. The van der Waals surface area contributed by atoms with Gasteiger partial charge in [0.25, 0.3) is 0 Å². The van der Waals surface area contributed by atoms with Gasteiger partial charge in [-0.05, 0) is 20.3 Å². The van der Waals surface area contributed by atoms with Gasteiger partial charge in [0.1, 0.15) is 5.84 Å². The molecule has 0 bridgehead atoms. The van der Waals surface area contributed by atoms with Gasteiger partial charge in [-0.2, -0.15) is 0 Å². The lowest BCUT2D eigenvalue weighted by atomic mass is 10.3. The Kier molecular flexibility index (Phi) is 5.66. The molecule has 72 valence electrons. The summed E-state index contributed by atoms with van der Waals surface area (Å²) >= 11 is 0. The van der Waals surface area contributed by atoms with E-state index in [1.807, 2.05) is 0 Å². The molecule has 0 aromatic heterocycles. The number of hydrogen-bond donors (Lipinski definition) is 3. The van der Waals surface area contributed by atoms with Crippen LogP contribution in [0, 0.1) is 5.41 Å². The van der Waals surface area contributed by atoms with Crippen LogP contribution in [0.3, 0.4) is 0 Å². The normalized spacial score (nSPS) is 11.1. The van der Waals surface area contributed by atoms with Crippen molar-refractivity contribution in [3.8, 4) is 0 Å². The van der Waals surface area contributed by atoms with Crippen molar-refractivity contribution < 1.29 is 5.11 Å². The molecule has 0 aliphatic carbocycles. The van der Waals surface area contributed by atoms with E-state index >= 15 is 0 Å². The standard InChI is InChI=1S/C8H19N3O/c1-7(2)11(4-3-5-12)6-8(9)10/h7,12H,3-6H2,1-2H3,(H3,9,10). The Morgan fingerprint density at radius 3 is 2.50 bits per heavy atom. The maximum absolute atomic E-state index is 8.62. The monoisotopic (exact) mass is 173 g/mol. The van der Waals surface area contributed by atoms with E-state index in [-0.39, 0.29) is 12.4 Å². The van der Waals surface area contributed by atoms with E-state index in [1.54, 1.807) is 0 Å². The average Bonchev–Trinajstić information content (AvgIpc) is 1.96. The van der Waals surface area contributed by atoms with Crippen LogP contribution in [0.4, 0.5) is 0 Å². The van der Waals surface area contributed by atoms with Gasteiger partial charge >= 0.3 is 0 Å². The van der Waals surface area contributed by atoms with Crippen molar-refractivity contribution in [3.05, 3.63) is 0 Å². The highest BCUT2D eigenvalue weighted by atomic mass is 16.3. The van der Waals surface area contributed by atoms with Crippen LogP contribution in [0.25, 0.3) is 0 Å². The zero-order valence-electron chi connectivity index (χ0n) is 7.88. The Labute approximate surface area is 73.9 Å². The number of amidine groups is 1. The number of nitrogens with zero attached hydrogens (tertiary/aromatic N) is 1. The van der Waals surface area contributed by atoms with Crippen LogP contribution in [-0.2, 0) is 0 Å². The minimum Gasteiger partial charge on any atom is -0.396 e. The molecule has 0 aliphatic rings. The second-order valence-electron chi connectivity index (χ2n) is 3.17. The van der Waals surface area contributed by atoms with Crippen LogP contribution in [-0.4, -0.2) is 41.6 Å².